The molecule has 5 atom stereocenters. The van der Waals surface area contributed by atoms with E-state index in [0.717, 1.165) is 71.6 Å². The van der Waals surface area contributed by atoms with E-state index in [1.54, 1.807) is 0 Å². The summed E-state index contributed by atoms with van der Waals surface area (Å²) < 4.78 is 63.6. The summed E-state index contributed by atoms with van der Waals surface area (Å²) in [5.41, 5.74) is 0. The summed E-state index contributed by atoms with van der Waals surface area (Å²) in [6.45, 7) is 2.28. The summed E-state index contributed by atoms with van der Waals surface area (Å²) in [5.74, 6) is -2.58. The Morgan fingerprint density at radius 2 is 0.939 bits per heavy atom. The molecule has 0 fully saturated rings. The van der Waals surface area contributed by atoms with E-state index in [-0.39, 0.29) is 12.8 Å². The third kappa shape index (κ3) is 29.5. The molecule has 0 bridgehead atoms. The van der Waals surface area contributed by atoms with Crippen LogP contribution in [-0.2, 0) is 65.4 Å². The largest absolute Gasteiger partial charge is 0.472 e. The number of hydrogen-bond acceptors (Lipinski definition) is 15. The molecule has 19 heteroatoms. The topological polar surface area (TPSA) is 237 Å². The third-order valence-corrected chi connectivity index (χ3v) is 8.36. The van der Waals surface area contributed by atoms with Gasteiger partial charge in [-0.25, -0.2) is 9.13 Å². The predicted molar refractivity (Wildman–Crippen MR) is 174 cm³/mol. The quantitative estimate of drug-likeness (QED) is 0.0377. The molecule has 17 nitrogen and oxygen atoms in total. The zero-order chi connectivity index (χ0) is 37.1. The summed E-state index contributed by atoms with van der Waals surface area (Å²) in [4.78, 5) is 66.7. The monoisotopic (exact) mass is 750 g/mol. The van der Waals surface area contributed by atoms with Crippen LogP contribution >= 0.6 is 15.6 Å². The van der Waals surface area contributed by atoms with E-state index in [0.29, 0.717) is 12.8 Å². The van der Waals surface area contributed by atoms with E-state index >= 15 is 0 Å². The van der Waals surface area contributed by atoms with Crippen LogP contribution in [0.3, 0.4) is 0 Å². The number of ether oxygens (including phenoxy) is 4. The van der Waals surface area contributed by atoms with Crippen LogP contribution in [0.25, 0.3) is 0 Å². The molecule has 0 aromatic carbocycles. The van der Waals surface area contributed by atoms with Crippen molar-refractivity contribution >= 4 is 39.5 Å². The second-order valence-electron chi connectivity index (χ2n) is 11.3. The summed E-state index contributed by atoms with van der Waals surface area (Å²) >= 11 is 0. The Balaban J connectivity index is 4.89. The number of hydrogen-bond donors (Lipinski definition) is 3. The van der Waals surface area contributed by atoms with Gasteiger partial charge < -0.3 is 33.8 Å². The maximum atomic E-state index is 12.4. The van der Waals surface area contributed by atoms with Gasteiger partial charge in [0.25, 0.3) is 0 Å². The average molecular weight is 751 g/mol. The van der Waals surface area contributed by atoms with Crippen molar-refractivity contribution < 1.29 is 80.2 Å². The lowest BCUT2D eigenvalue weighted by Gasteiger charge is -2.21. The minimum Gasteiger partial charge on any atom is -0.462 e. The first-order valence-corrected chi connectivity index (χ1v) is 19.7. The van der Waals surface area contributed by atoms with Gasteiger partial charge in [0.1, 0.15) is 19.3 Å². The number of phosphoric ester groups is 2. The SMILES string of the molecule is CCCCCCCCC(=O)OC[C@H](COP(=O)(O)OC[C@H](O)COP(=O)(O)OC[C@@H](COC(C)=O)OC(C)=O)OC(=O)CCCCCCC. The minimum absolute atomic E-state index is 0.0976. The first-order chi connectivity index (χ1) is 23.1. The van der Waals surface area contributed by atoms with Crippen molar-refractivity contribution in [1.29, 1.82) is 0 Å². The van der Waals surface area contributed by atoms with E-state index < -0.39 is 97.5 Å². The first-order valence-electron chi connectivity index (χ1n) is 16.7. The maximum Gasteiger partial charge on any atom is 0.472 e. The molecule has 0 saturated heterocycles. The van der Waals surface area contributed by atoms with E-state index in [1.165, 1.54) is 0 Å². The third-order valence-electron chi connectivity index (χ3n) is 6.46. The van der Waals surface area contributed by atoms with Crippen molar-refractivity contribution in [1.82, 2.24) is 0 Å². The smallest absolute Gasteiger partial charge is 0.462 e. The van der Waals surface area contributed by atoms with Crippen LogP contribution < -0.4 is 0 Å². The standard InChI is InChI=1S/C30H56O17P2/c1-5-7-9-11-13-14-16-29(34)41-21-28(47-30(35)17-15-12-10-8-6-2)23-45-49(38,39)43-19-26(33)18-42-48(36,37)44-22-27(46-25(4)32)20-40-24(3)31/h26-28,33H,5-23H2,1-4H3,(H,36,37)(H,38,39)/t26-,27-,28-/m1/s1. The van der Waals surface area contributed by atoms with Crippen LogP contribution in [0.1, 0.15) is 111 Å². The van der Waals surface area contributed by atoms with Gasteiger partial charge >= 0.3 is 39.5 Å². The maximum absolute atomic E-state index is 12.4. The molecule has 0 radical (unpaired) electrons. The van der Waals surface area contributed by atoms with Crippen LogP contribution in [0.2, 0.25) is 0 Å². The molecule has 0 saturated carbocycles. The Morgan fingerprint density at radius 3 is 1.41 bits per heavy atom. The lowest BCUT2D eigenvalue weighted by molar-refractivity contribution is -0.161. The van der Waals surface area contributed by atoms with E-state index in [2.05, 4.69) is 18.4 Å². The Bertz CT molecular complexity index is 1040. The van der Waals surface area contributed by atoms with Crippen molar-refractivity contribution in [2.75, 3.05) is 39.6 Å². The van der Waals surface area contributed by atoms with Crippen molar-refractivity contribution in [3.8, 4) is 0 Å². The van der Waals surface area contributed by atoms with Gasteiger partial charge in [-0.1, -0.05) is 71.6 Å². The fourth-order valence-electron chi connectivity index (χ4n) is 3.94. The molecule has 3 N–H and O–H groups in total. The van der Waals surface area contributed by atoms with E-state index in [4.69, 9.17) is 32.5 Å². The highest BCUT2D eigenvalue weighted by Gasteiger charge is 2.30. The molecule has 0 aromatic heterocycles. The number of aliphatic hydroxyl groups excluding tert-OH is 1. The van der Waals surface area contributed by atoms with Gasteiger partial charge in [0, 0.05) is 26.7 Å². The van der Waals surface area contributed by atoms with Crippen molar-refractivity contribution in [3.63, 3.8) is 0 Å². The second kappa shape index (κ2) is 27.7. The number of carbonyl (C=O) groups excluding carboxylic acids is 4. The van der Waals surface area contributed by atoms with E-state index in [1.807, 2.05) is 0 Å². The lowest BCUT2D eigenvalue weighted by Crippen LogP contribution is -2.30. The van der Waals surface area contributed by atoms with Crippen molar-refractivity contribution in [3.05, 3.63) is 0 Å². The summed E-state index contributed by atoms with van der Waals surface area (Å²) in [7, 11) is -9.72. The molecule has 0 spiro atoms. The van der Waals surface area contributed by atoms with Crippen LogP contribution in [-0.4, -0.2) is 96.7 Å². The van der Waals surface area contributed by atoms with Crippen molar-refractivity contribution in [2.24, 2.45) is 0 Å². The van der Waals surface area contributed by atoms with Crippen LogP contribution in [0.5, 0.6) is 0 Å². The Labute approximate surface area is 288 Å². The summed E-state index contributed by atoms with van der Waals surface area (Å²) in [6, 6.07) is 0. The fourth-order valence-corrected chi connectivity index (χ4v) is 5.52. The molecule has 0 aliphatic carbocycles. The molecule has 0 heterocycles. The number of esters is 4. The molecule has 288 valence electrons. The predicted octanol–water partition coefficient (Wildman–Crippen LogP) is 4.68. The number of rotatable bonds is 31. The minimum atomic E-state index is -4.88. The molecule has 49 heavy (non-hydrogen) atoms. The lowest BCUT2D eigenvalue weighted by atomic mass is 10.1. The number of phosphoric acid groups is 2. The van der Waals surface area contributed by atoms with Crippen LogP contribution in [0.4, 0.5) is 0 Å². The highest BCUT2D eigenvalue weighted by atomic mass is 31.2. The first kappa shape index (κ1) is 47.1. The summed E-state index contributed by atoms with van der Waals surface area (Å²) in [5, 5.41) is 10.0. The van der Waals surface area contributed by atoms with Crippen LogP contribution in [0, 0.1) is 0 Å². The second-order valence-corrected chi connectivity index (χ2v) is 14.2. The highest BCUT2D eigenvalue weighted by Crippen LogP contribution is 2.45. The molecule has 0 rings (SSSR count). The molecule has 2 unspecified atom stereocenters. The zero-order valence-electron chi connectivity index (χ0n) is 29.1. The van der Waals surface area contributed by atoms with Gasteiger partial charge in [-0.05, 0) is 12.8 Å². The highest BCUT2D eigenvalue weighted by molar-refractivity contribution is 7.47. The number of unbranched alkanes of at least 4 members (excludes halogenated alkanes) is 9. The molecular formula is C30H56O17P2. The average Bonchev–Trinajstić information content (AvgIpc) is 3.03. The van der Waals surface area contributed by atoms with Gasteiger partial charge in [0.2, 0.25) is 0 Å². The molecule has 0 aromatic rings. The van der Waals surface area contributed by atoms with Gasteiger partial charge in [-0.15, -0.1) is 0 Å². The van der Waals surface area contributed by atoms with Crippen LogP contribution in [0.15, 0.2) is 0 Å². The van der Waals surface area contributed by atoms with Gasteiger partial charge in [0.05, 0.1) is 26.4 Å². The Hall–Kier alpha value is -1.94. The Morgan fingerprint density at radius 1 is 0.531 bits per heavy atom. The number of aliphatic hydroxyl groups is 1. The van der Waals surface area contributed by atoms with Gasteiger partial charge in [-0.2, -0.15) is 0 Å². The van der Waals surface area contributed by atoms with E-state index in [9.17, 15) is 43.2 Å². The molecule has 0 aliphatic heterocycles. The Kier molecular flexibility index (Phi) is 26.6. The summed E-state index contributed by atoms with van der Waals surface area (Å²) in [6.07, 6.45) is 6.37. The molecule has 0 amide bonds. The van der Waals surface area contributed by atoms with Gasteiger partial charge in [0.15, 0.2) is 12.2 Å². The fraction of sp³-hybridized carbons (Fsp3) is 0.867. The van der Waals surface area contributed by atoms with Crippen molar-refractivity contribution in [2.45, 2.75) is 129 Å². The number of carbonyl (C=O) groups is 4. The normalized spacial score (nSPS) is 15.7. The molecular weight excluding hydrogens is 694 g/mol. The zero-order valence-corrected chi connectivity index (χ0v) is 30.9. The molecule has 0 aliphatic rings. The van der Waals surface area contributed by atoms with Gasteiger partial charge in [-0.3, -0.25) is 37.3 Å².